The molecule has 0 spiro atoms. The van der Waals surface area contributed by atoms with Crippen molar-refractivity contribution in [1.82, 2.24) is 9.97 Å². The molecule has 88 valence electrons. The van der Waals surface area contributed by atoms with Crippen molar-refractivity contribution in [2.45, 2.75) is 26.3 Å². The zero-order chi connectivity index (χ0) is 12.1. The minimum absolute atomic E-state index is 0.208. The first-order valence-electron chi connectivity index (χ1n) is 5.03. The van der Waals surface area contributed by atoms with E-state index in [2.05, 4.69) is 9.97 Å². The molecule has 0 saturated carbocycles. The molecule has 0 unspecified atom stereocenters. The summed E-state index contributed by atoms with van der Waals surface area (Å²) in [7, 11) is 0. The zero-order valence-electron chi connectivity index (χ0n) is 9.35. The van der Waals surface area contributed by atoms with E-state index in [1.54, 1.807) is 0 Å². The average molecular weight is 242 g/mol. The fraction of sp³-hybridized carbons (Fsp3) is 0.500. The molecule has 0 aliphatic heterocycles. The van der Waals surface area contributed by atoms with Gasteiger partial charge in [-0.1, -0.05) is 12.2 Å². The molecule has 0 fully saturated rings. The van der Waals surface area contributed by atoms with E-state index in [4.69, 9.17) is 18.0 Å². The molecule has 1 heterocycles. The molecule has 0 saturated heterocycles. The summed E-state index contributed by atoms with van der Waals surface area (Å²) >= 11 is 4.82. The number of hydrogen-bond donors (Lipinski definition) is 1. The summed E-state index contributed by atoms with van der Waals surface area (Å²) in [4.78, 5) is 10.2. The number of hydrogen-bond acceptors (Lipinski definition) is 4. The van der Waals surface area contributed by atoms with Crippen molar-refractivity contribution in [1.29, 1.82) is 0 Å². The molecule has 1 aromatic rings. The van der Waals surface area contributed by atoms with Crippen molar-refractivity contribution in [3.8, 4) is 0 Å². The highest BCUT2D eigenvalue weighted by atomic mass is 32.1. The summed E-state index contributed by atoms with van der Waals surface area (Å²) in [5.41, 5.74) is 5.45. The van der Waals surface area contributed by atoms with Gasteiger partial charge in [-0.05, 0) is 13.8 Å². The second-order valence-electron chi connectivity index (χ2n) is 3.70. The molecule has 4 nitrogen and oxygen atoms in total. The van der Waals surface area contributed by atoms with Gasteiger partial charge in [0, 0.05) is 19.0 Å². The highest BCUT2D eigenvalue weighted by molar-refractivity contribution is 7.80. The van der Waals surface area contributed by atoms with Gasteiger partial charge in [0.2, 0.25) is 5.95 Å². The molecule has 0 amide bonds. The molecule has 1 rings (SSSR count). The molecular formula is C10H15FN4S. The van der Waals surface area contributed by atoms with Crippen LogP contribution in [0, 0.1) is 5.82 Å². The lowest BCUT2D eigenvalue weighted by Gasteiger charge is -2.26. The highest BCUT2D eigenvalue weighted by Crippen LogP contribution is 2.11. The average Bonchev–Trinajstić information content (AvgIpc) is 2.20. The number of nitrogens with two attached hydrogens (primary N) is 1. The molecule has 6 heteroatoms. The van der Waals surface area contributed by atoms with E-state index in [1.807, 2.05) is 18.7 Å². The topological polar surface area (TPSA) is 55.0 Å². The summed E-state index contributed by atoms with van der Waals surface area (Å²) in [6.07, 6.45) is 2.89. The summed E-state index contributed by atoms with van der Waals surface area (Å²) in [6.45, 7) is 4.65. The van der Waals surface area contributed by atoms with Crippen molar-refractivity contribution < 1.29 is 4.39 Å². The number of anilines is 1. The van der Waals surface area contributed by atoms with Gasteiger partial charge in [0.15, 0.2) is 5.82 Å². The van der Waals surface area contributed by atoms with Crippen LogP contribution in [0.5, 0.6) is 0 Å². The Bertz CT molecular complexity index is 352. The lowest BCUT2D eigenvalue weighted by molar-refractivity contribution is 0.605. The van der Waals surface area contributed by atoms with E-state index in [0.29, 0.717) is 23.9 Å². The van der Waals surface area contributed by atoms with Gasteiger partial charge in [-0.3, -0.25) is 0 Å². The second-order valence-corrected chi connectivity index (χ2v) is 4.23. The van der Waals surface area contributed by atoms with Crippen molar-refractivity contribution in [2.75, 3.05) is 11.4 Å². The first kappa shape index (κ1) is 12.8. The third-order valence-corrected chi connectivity index (χ3v) is 2.29. The van der Waals surface area contributed by atoms with Crippen LogP contribution >= 0.6 is 12.2 Å². The predicted octanol–water partition coefficient (Wildman–Crippen LogP) is 1.51. The maximum Gasteiger partial charge on any atom is 0.225 e. The molecule has 0 atom stereocenters. The number of halogens is 1. The van der Waals surface area contributed by atoms with Crippen LogP contribution in [0.3, 0.4) is 0 Å². The standard InChI is InChI=1S/C10H15FN4S/c1-7(2)15(4-3-9(12)16)10-13-5-8(11)6-14-10/h5-7H,3-4H2,1-2H3,(H2,12,16). The Morgan fingerprint density at radius 2 is 2.06 bits per heavy atom. The van der Waals surface area contributed by atoms with Crippen molar-refractivity contribution in [3.63, 3.8) is 0 Å². The summed E-state index contributed by atoms with van der Waals surface area (Å²) < 4.78 is 12.7. The maximum atomic E-state index is 12.7. The molecule has 16 heavy (non-hydrogen) atoms. The first-order valence-corrected chi connectivity index (χ1v) is 5.44. The van der Waals surface area contributed by atoms with Crippen LogP contribution in [0.4, 0.5) is 10.3 Å². The van der Waals surface area contributed by atoms with Crippen LogP contribution < -0.4 is 10.6 Å². The Kier molecular flexibility index (Phi) is 4.54. The van der Waals surface area contributed by atoms with E-state index in [9.17, 15) is 4.39 Å². The van der Waals surface area contributed by atoms with E-state index in [-0.39, 0.29) is 6.04 Å². The lowest BCUT2D eigenvalue weighted by atomic mass is 10.3. The lowest BCUT2D eigenvalue weighted by Crippen LogP contribution is -2.35. The van der Waals surface area contributed by atoms with Crippen LogP contribution in [0.1, 0.15) is 20.3 Å². The van der Waals surface area contributed by atoms with E-state index in [0.717, 1.165) is 12.4 Å². The SMILES string of the molecule is CC(C)N(CCC(N)=S)c1ncc(F)cn1. The van der Waals surface area contributed by atoms with Crippen molar-refractivity contribution >= 4 is 23.2 Å². The molecule has 0 aliphatic rings. The van der Waals surface area contributed by atoms with Gasteiger partial charge < -0.3 is 10.6 Å². The van der Waals surface area contributed by atoms with Gasteiger partial charge in [0.25, 0.3) is 0 Å². The Balaban J connectivity index is 2.77. The summed E-state index contributed by atoms with van der Waals surface area (Å²) in [6, 6.07) is 0.208. The van der Waals surface area contributed by atoms with Gasteiger partial charge in [-0.2, -0.15) is 0 Å². The van der Waals surface area contributed by atoms with Crippen LogP contribution in [0.25, 0.3) is 0 Å². The Hall–Kier alpha value is -1.30. The summed E-state index contributed by atoms with van der Waals surface area (Å²) in [5.74, 6) is 0.0504. The number of nitrogens with zero attached hydrogens (tertiary/aromatic N) is 3. The van der Waals surface area contributed by atoms with E-state index < -0.39 is 5.82 Å². The van der Waals surface area contributed by atoms with Gasteiger partial charge in [-0.15, -0.1) is 0 Å². The van der Waals surface area contributed by atoms with Crippen LogP contribution in [0.2, 0.25) is 0 Å². The molecular weight excluding hydrogens is 227 g/mol. The minimum atomic E-state index is -0.443. The number of thiocarbonyl (C=S) groups is 1. The smallest absolute Gasteiger partial charge is 0.225 e. The van der Waals surface area contributed by atoms with Gasteiger partial charge in [-0.25, -0.2) is 14.4 Å². The zero-order valence-corrected chi connectivity index (χ0v) is 10.2. The predicted molar refractivity (Wildman–Crippen MR) is 65.9 cm³/mol. The maximum absolute atomic E-state index is 12.7. The molecule has 0 aromatic carbocycles. The van der Waals surface area contributed by atoms with Crippen LogP contribution in [-0.4, -0.2) is 27.5 Å². The molecule has 0 aliphatic carbocycles. The van der Waals surface area contributed by atoms with Crippen LogP contribution in [-0.2, 0) is 0 Å². The quantitative estimate of drug-likeness (QED) is 0.793. The van der Waals surface area contributed by atoms with Crippen molar-refractivity contribution in [2.24, 2.45) is 5.73 Å². The Morgan fingerprint density at radius 3 is 2.50 bits per heavy atom. The van der Waals surface area contributed by atoms with Gasteiger partial charge >= 0.3 is 0 Å². The number of rotatable bonds is 5. The van der Waals surface area contributed by atoms with Gasteiger partial charge in [0.05, 0.1) is 17.4 Å². The van der Waals surface area contributed by atoms with Crippen LogP contribution in [0.15, 0.2) is 12.4 Å². The molecule has 0 bridgehead atoms. The largest absolute Gasteiger partial charge is 0.393 e. The Morgan fingerprint density at radius 1 is 1.50 bits per heavy atom. The third-order valence-electron chi connectivity index (χ3n) is 2.09. The second kappa shape index (κ2) is 5.69. The summed E-state index contributed by atoms with van der Waals surface area (Å²) in [5, 5.41) is 0. The van der Waals surface area contributed by atoms with E-state index in [1.165, 1.54) is 0 Å². The van der Waals surface area contributed by atoms with Crippen molar-refractivity contribution in [3.05, 3.63) is 18.2 Å². The molecule has 1 aromatic heterocycles. The fourth-order valence-electron chi connectivity index (χ4n) is 1.27. The molecule has 0 radical (unpaired) electrons. The Labute approximate surface area is 99.7 Å². The number of aromatic nitrogens is 2. The minimum Gasteiger partial charge on any atom is -0.393 e. The van der Waals surface area contributed by atoms with E-state index >= 15 is 0 Å². The molecule has 2 N–H and O–H groups in total. The third kappa shape index (κ3) is 3.69. The highest BCUT2D eigenvalue weighted by Gasteiger charge is 2.13. The fourth-order valence-corrected chi connectivity index (χ4v) is 1.36. The monoisotopic (exact) mass is 242 g/mol. The van der Waals surface area contributed by atoms with Gasteiger partial charge in [0.1, 0.15) is 0 Å². The normalized spacial score (nSPS) is 10.5. The first-order chi connectivity index (χ1) is 7.50.